The highest BCUT2D eigenvalue weighted by Crippen LogP contribution is 2.23. The molecule has 1 fully saturated rings. The molecular weight excluding hydrogens is 318 g/mol. The maximum absolute atomic E-state index is 11.7. The number of carbonyl (C=O) groups is 1. The molecule has 2 aromatic heterocycles. The van der Waals surface area contributed by atoms with Crippen LogP contribution in [0.25, 0.3) is 11.2 Å². The fraction of sp³-hybridized carbons (Fsp3) is 0.647. The molecule has 0 aromatic carbocycles. The fourth-order valence-corrected chi connectivity index (χ4v) is 3.07. The van der Waals surface area contributed by atoms with Crippen LogP contribution in [0.15, 0.2) is 6.33 Å². The second kappa shape index (κ2) is 7.67. The summed E-state index contributed by atoms with van der Waals surface area (Å²) in [5, 5.41) is 6.55. The minimum atomic E-state index is 0.273. The second-order valence-electron chi connectivity index (χ2n) is 6.61. The van der Waals surface area contributed by atoms with E-state index >= 15 is 0 Å². The molecule has 1 saturated heterocycles. The number of likely N-dealkylation sites (tertiary alicyclic amines) is 1. The number of nitrogens with zero attached hydrogens (tertiary/aromatic N) is 5. The summed E-state index contributed by atoms with van der Waals surface area (Å²) in [5.74, 6) is 1.62. The van der Waals surface area contributed by atoms with Crippen molar-refractivity contribution in [3.8, 4) is 0 Å². The molecule has 8 nitrogen and oxygen atoms in total. The van der Waals surface area contributed by atoms with E-state index in [1.54, 1.807) is 0 Å². The van der Waals surface area contributed by atoms with Crippen molar-refractivity contribution in [2.24, 2.45) is 0 Å². The van der Waals surface area contributed by atoms with Crippen molar-refractivity contribution in [1.82, 2.24) is 24.4 Å². The average molecular weight is 345 g/mol. The topological polar surface area (TPSA) is 88.0 Å². The van der Waals surface area contributed by atoms with Crippen LogP contribution in [-0.2, 0) is 4.79 Å². The molecule has 0 saturated carbocycles. The highest BCUT2D eigenvalue weighted by atomic mass is 16.2. The van der Waals surface area contributed by atoms with Crippen molar-refractivity contribution in [2.75, 3.05) is 36.8 Å². The van der Waals surface area contributed by atoms with Gasteiger partial charge in [-0.1, -0.05) is 0 Å². The zero-order valence-corrected chi connectivity index (χ0v) is 15.2. The van der Waals surface area contributed by atoms with Gasteiger partial charge in [0.25, 0.3) is 0 Å². The first-order valence-electron chi connectivity index (χ1n) is 9.10. The van der Waals surface area contributed by atoms with E-state index in [2.05, 4.69) is 39.4 Å². The normalized spacial score (nSPS) is 14.7. The van der Waals surface area contributed by atoms with E-state index in [1.807, 2.05) is 22.7 Å². The first kappa shape index (κ1) is 17.4. The van der Waals surface area contributed by atoms with Gasteiger partial charge in [0, 0.05) is 38.6 Å². The molecule has 0 spiro atoms. The molecule has 1 aliphatic rings. The predicted molar refractivity (Wildman–Crippen MR) is 98.8 cm³/mol. The molecule has 1 aliphatic heterocycles. The van der Waals surface area contributed by atoms with E-state index in [0.717, 1.165) is 56.0 Å². The quantitative estimate of drug-likeness (QED) is 0.714. The van der Waals surface area contributed by atoms with Gasteiger partial charge in [-0.15, -0.1) is 0 Å². The summed E-state index contributed by atoms with van der Waals surface area (Å²) in [7, 11) is 0. The third-order valence-corrected chi connectivity index (χ3v) is 4.38. The molecule has 0 radical (unpaired) electrons. The number of anilines is 2. The summed E-state index contributed by atoms with van der Waals surface area (Å²) in [6.07, 6.45) is 4.38. The van der Waals surface area contributed by atoms with Crippen LogP contribution in [0.4, 0.5) is 11.8 Å². The molecule has 3 rings (SSSR count). The van der Waals surface area contributed by atoms with Gasteiger partial charge in [-0.25, -0.2) is 4.98 Å². The van der Waals surface area contributed by atoms with Crippen molar-refractivity contribution in [2.45, 2.75) is 46.1 Å². The van der Waals surface area contributed by atoms with Gasteiger partial charge in [-0.05, 0) is 33.6 Å². The van der Waals surface area contributed by atoms with Crippen molar-refractivity contribution in [1.29, 1.82) is 0 Å². The SMILES string of the molecule is CCNc1nc(NCCCN2CCCC2=O)c2ncn(C(C)C)c2n1. The number of carbonyl (C=O) groups excluding carboxylic acids is 1. The van der Waals surface area contributed by atoms with Crippen LogP contribution in [0, 0.1) is 0 Å². The first-order valence-corrected chi connectivity index (χ1v) is 9.10. The third-order valence-electron chi connectivity index (χ3n) is 4.38. The van der Waals surface area contributed by atoms with Crippen LogP contribution in [0.1, 0.15) is 46.1 Å². The van der Waals surface area contributed by atoms with Gasteiger partial charge in [-0.2, -0.15) is 9.97 Å². The monoisotopic (exact) mass is 345 g/mol. The molecule has 0 atom stereocenters. The summed E-state index contributed by atoms with van der Waals surface area (Å²) in [4.78, 5) is 27.2. The summed E-state index contributed by atoms with van der Waals surface area (Å²) in [6, 6.07) is 0.281. The molecule has 2 N–H and O–H groups in total. The number of fused-ring (bicyclic) bond motifs is 1. The van der Waals surface area contributed by atoms with Gasteiger partial charge in [0.2, 0.25) is 11.9 Å². The molecule has 1 amide bonds. The molecule has 8 heteroatoms. The van der Waals surface area contributed by atoms with Gasteiger partial charge >= 0.3 is 0 Å². The summed E-state index contributed by atoms with van der Waals surface area (Å²) < 4.78 is 2.05. The zero-order chi connectivity index (χ0) is 17.8. The number of hydrogen-bond acceptors (Lipinski definition) is 6. The van der Waals surface area contributed by atoms with Crippen molar-refractivity contribution in [3.63, 3.8) is 0 Å². The lowest BCUT2D eigenvalue weighted by molar-refractivity contribution is -0.127. The summed E-state index contributed by atoms with van der Waals surface area (Å²) in [6.45, 7) is 9.43. The molecular formula is C17H27N7O. The van der Waals surface area contributed by atoms with Crippen molar-refractivity contribution in [3.05, 3.63) is 6.33 Å². The molecule has 25 heavy (non-hydrogen) atoms. The Kier molecular flexibility index (Phi) is 5.35. The molecule has 2 aromatic rings. The van der Waals surface area contributed by atoms with Crippen molar-refractivity contribution >= 4 is 28.8 Å². The van der Waals surface area contributed by atoms with Crippen LogP contribution >= 0.6 is 0 Å². The lowest BCUT2D eigenvalue weighted by atomic mass is 10.3. The number of imidazole rings is 1. The van der Waals surface area contributed by atoms with Crippen LogP contribution in [0.2, 0.25) is 0 Å². The van der Waals surface area contributed by atoms with Crippen LogP contribution in [0.3, 0.4) is 0 Å². The van der Waals surface area contributed by atoms with E-state index < -0.39 is 0 Å². The standard InChI is InChI=1S/C17H27N7O/c1-4-18-17-21-15(14-16(22-17)24(11-20-14)12(2)3)19-8-6-10-23-9-5-7-13(23)25/h11-12H,4-10H2,1-3H3,(H2,18,19,21,22). The number of aromatic nitrogens is 4. The first-order chi connectivity index (χ1) is 12.1. The highest BCUT2D eigenvalue weighted by Gasteiger charge is 2.19. The van der Waals surface area contributed by atoms with Gasteiger partial charge in [0.15, 0.2) is 17.0 Å². The van der Waals surface area contributed by atoms with E-state index in [1.165, 1.54) is 0 Å². The Hall–Kier alpha value is -2.38. The smallest absolute Gasteiger partial charge is 0.226 e. The number of rotatable bonds is 8. The summed E-state index contributed by atoms with van der Waals surface area (Å²) >= 11 is 0. The van der Waals surface area contributed by atoms with Gasteiger partial charge < -0.3 is 20.1 Å². The Morgan fingerprint density at radius 2 is 2.12 bits per heavy atom. The Morgan fingerprint density at radius 1 is 1.28 bits per heavy atom. The van der Waals surface area contributed by atoms with E-state index in [9.17, 15) is 4.79 Å². The number of nitrogens with one attached hydrogen (secondary N) is 2. The minimum Gasteiger partial charge on any atom is -0.368 e. The molecule has 0 aliphatic carbocycles. The number of hydrogen-bond donors (Lipinski definition) is 2. The van der Waals surface area contributed by atoms with Gasteiger partial charge in [0.1, 0.15) is 0 Å². The minimum absolute atomic E-state index is 0.273. The Bertz CT molecular complexity index is 740. The van der Waals surface area contributed by atoms with E-state index in [0.29, 0.717) is 12.4 Å². The highest BCUT2D eigenvalue weighted by molar-refractivity contribution is 5.84. The average Bonchev–Trinajstić information content (AvgIpc) is 3.18. The zero-order valence-electron chi connectivity index (χ0n) is 15.2. The Morgan fingerprint density at radius 3 is 2.80 bits per heavy atom. The van der Waals surface area contributed by atoms with E-state index in [4.69, 9.17) is 0 Å². The Labute approximate surface area is 148 Å². The molecule has 3 heterocycles. The largest absolute Gasteiger partial charge is 0.368 e. The van der Waals surface area contributed by atoms with Gasteiger partial charge in [-0.3, -0.25) is 4.79 Å². The Balaban J connectivity index is 1.71. The maximum atomic E-state index is 11.7. The fourth-order valence-electron chi connectivity index (χ4n) is 3.07. The van der Waals surface area contributed by atoms with Crippen LogP contribution < -0.4 is 10.6 Å². The van der Waals surface area contributed by atoms with Crippen LogP contribution in [-0.4, -0.2) is 56.5 Å². The second-order valence-corrected chi connectivity index (χ2v) is 6.61. The molecule has 0 bridgehead atoms. The van der Waals surface area contributed by atoms with Gasteiger partial charge in [0.05, 0.1) is 6.33 Å². The van der Waals surface area contributed by atoms with E-state index in [-0.39, 0.29) is 11.9 Å². The third kappa shape index (κ3) is 3.83. The molecule has 0 unspecified atom stereocenters. The van der Waals surface area contributed by atoms with Crippen LogP contribution in [0.5, 0.6) is 0 Å². The lowest BCUT2D eigenvalue weighted by Crippen LogP contribution is -2.27. The summed E-state index contributed by atoms with van der Waals surface area (Å²) in [5.41, 5.74) is 1.62. The molecule has 136 valence electrons. The van der Waals surface area contributed by atoms with Crippen molar-refractivity contribution < 1.29 is 4.79 Å². The maximum Gasteiger partial charge on any atom is 0.226 e. The lowest BCUT2D eigenvalue weighted by Gasteiger charge is -2.16. The predicted octanol–water partition coefficient (Wildman–Crippen LogP) is 2.26. The number of amides is 1.